The smallest absolute Gasteiger partial charge is 0.186 e. The summed E-state index contributed by atoms with van der Waals surface area (Å²) < 4.78 is 8.61. The zero-order chi connectivity index (χ0) is 20.3. The van der Waals surface area contributed by atoms with Crippen LogP contribution in [0.1, 0.15) is 37.4 Å². The predicted molar refractivity (Wildman–Crippen MR) is 117 cm³/mol. The third-order valence-electron chi connectivity index (χ3n) is 5.61. The molecule has 1 aromatic carbocycles. The number of benzene rings is 1. The largest absolute Gasteiger partial charge is 0.467 e. The molecule has 0 saturated carbocycles. The predicted octanol–water partition coefficient (Wildman–Crippen LogP) is 3.59. The van der Waals surface area contributed by atoms with E-state index in [2.05, 4.69) is 50.4 Å². The summed E-state index contributed by atoms with van der Waals surface area (Å²) in [7, 11) is 0. The van der Waals surface area contributed by atoms with Gasteiger partial charge in [0.25, 0.3) is 0 Å². The van der Waals surface area contributed by atoms with Crippen molar-refractivity contribution in [3.8, 4) is 0 Å². The molecule has 0 radical (unpaired) electrons. The number of nitrogens with zero attached hydrogens (tertiary/aromatic N) is 7. The Hall–Kier alpha value is -2.78. The van der Waals surface area contributed by atoms with Crippen LogP contribution in [0.5, 0.6) is 0 Å². The maximum Gasteiger partial charge on any atom is 0.186 e. The minimum atomic E-state index is 0.206. The van der Waals surface area contributed by atoms with E-state index in [-0.39, 0.29) is 6.04 Å². The van der Waals surface area contributed by atoms with E-state index >= 15 is 0 Å². The van der Waals surface area contributed by atoms with Crippen LogP contribution in [0.4, 0.5) is 5.13 Å². The van der Waals surface area contributed by atoms with Gasteiger partial charge in [0, 0.05) is 26.2 Å². The monoisotopic (exact) mass is 423 g/mol. The summed E-state index contributed by atoms with van der Waals surface area (Å²) in [5.74, 6) is 1.78. The molecular weight excluding hydrogens is 398 g/mol. The highest BCUT2D eigenvalue weighted by Crippen LogP contribution is 2.31. The molecule has 4 heterocycles. The molecule has 4 aromatic rings. The van der Waals surface area contributed by atoms with Crippen molar-refractivity contribution >= 4 is 26.7 Å². The maximum atomic E-state index is 5.49. The molecule has 1 unspecified atom stereocenters. The van der Waals surface area contributed by atoms with E-state index in [0.29, 0.717) is 6.54 Å². The van der Waals surface area contributed by atoms with Gasteiger partial charge in [-0.15, -0.1) is 5.10 Å². The lowest BCUT2D eigenvalue weighted by atomic mass is 10.1. The summed E-state index contributed by atoms with van der Waals surface area (Å²) >= 11 is 1.78. The van der Waals surface area contributed by atoms with Crippen LogP contribution in [-0.2, 0) is 6.54 Å². The summed E-state index contributed by atoms with van der Waals surface area (Å²) in [6.45, 7) is 6.62. The van der Waals surface area contributed by atoms with E-state index in [1.807, 2.05) is 22.9 Å². The van der Waals surface area contributed by atoms with Gasteiger partial charge >= 0.3 is 0 Å². The zero-order valence-corrected chi connectivity index (χ0v) is 17.8. The SMILES string of the molecule is CCCC(c1nnnn1Cc1ccco1)N1CCN(c2nc3ccccc3s2)CC1. The number of anilines is 1. The summed E-state index contributed by atoms with van der Waals surface area (Å²) in [5.41, 5.74) is 1.08. The van der Waals surface area contributed by atoms with Gasteiger partial charge in [0.2, 0.25) is 0 Å². The fourth-order valence-corrected chi connectivity index (χ4v) is 5.10. The lowest BCUT2D eigenvalue weighted by Crippen LogP contribution is -2.48. The number of furan rings is 1. The summed E-state index contributed by atoms with van der Waals surface area (Å²) in [5, 5.41) is 13.7. The Morgan fingerprint density at radius 3 is 2.73 bits per heavy atom. The van der Waals surface area contributed by atoms with Crippen molar-refractivity contribution in [1.82, 2.24) is 30.1 Å². The first-order valence-corrected chi connectivity index (χ1v) is 11.3. The second kappa shape index (κ2) is 8.53. The van der Waals surface area contributed by atoms with Crippen molar-refractivity contribution < 1.29 is 4.42 Å². The van der Waals surface area contributed by atoms with Crippen molar-refractivity contribution in [2.45, 2.75) is 32.4 Å². The van der Waals surface area contributed by atoms with Crippen LogP contribution in [0.3, 0.4) is 0 Å². The Kier molecular flexibility index (Phi) is 5.46. The molecule has 0 bridgehead atoms. The quantitative estimate of drug-likeness (QED) is 0.450. The Morgan fingerprint density at radius 1 is 1.10 bits per heavy atom. The molecule has 1 atom stereocenters. The molecule has 0 amide bonds. The second-order valence-electron chi connectivity index (χ2n) is 7.57. The van der Waals surface area contributed by atoms with Crippen LogP contribution in [0, 0.1) is 0 Å². The third-order valence-corrected chi connectivity index (χ3v) is 6.71. The fourth-order valence-electron chi connectivity index (χ4n) is 4.08. The number of rotatable bonds is 7. The Bertz CT molecular complexity index is 1050. The Balaban J connectivity index is 1.30. The molecule has 1 aliphatic heterocycles. The van der Waals surface area contributed by atoms with E-state index < -0.39 is 0 Å². The molecule has 1 saturated heterocycles. The summed E-state index contributed by atoms with van der Waals surface area (Å²) in [6, 6.07) is 12.4. The van der Waals surface area contributed by atoms with Crippen LogP contribution < -0.4 is 4.90 Å². The number of tetrazole rings is 1. The normalized spacial score (nSPS) is 16.4. The molecule has 1 fully saturated rings. The molecule has 9 heteroatoms. The third kappa shape index (κ3) is 3.82. The van der Waals surface area contributed by atoms with Crippen molar-refractivity contribution in [2.75, 3.05) is 31.1 Å². The number of thiazole rings is 1. The van der Waals surface area contributed by atoms with Gasteiger partial charge in [0.05, 0.1) is 22.5 Å². The van der Waals surface area contributed by atoms with Crippen molar-refractivity contribution in [2.24, 2.45) is 0 Å². The summed E-state index contributed by atoms with van der Waals surface area (Å²) in [4.78, 5) is 9.74. The van der Waals surface area contributed by atoms with Crippen molar-refractivity contribution in [3.63, 3.8) is 0 Å². The van der Waals surface area contributed by atoms with Crippen LogP contribution in [0.2, 0.25) is 0 Å². The van der Waals surface area contributed by atoms with E-state index in [0.717, 1.165) is 61.3 Å². The van der Waals surface area contributed by atoms with Crippen LogP contribution >= 0.6 is 11.3 Å². The highest BCUT2D eigenvalue weighted by atomic mass is 32.1. The molecule has 156 valence electrons. The summed E-state index contributed by atoms with van der Waals surface area (Å²) in [6.07, 6.45) is 3.79. The van der Waals surface area contributed by atoms with Crippen molar-refractivity contribution in [1.29, 1.82) is 0 Å². The number of hydrogen-bond donors (Lipinski definition) is 0. The first-order chi connectivity index (χ1) is 14.8. The maximum absolute atomic E-state index is 5.49. The van der Waals surface area contributed by atoms with Gasteiger partial charge < -0.3 is 9.32 Å². The van der Waals surface area contributed by atoms with E-state index in [1.165, 1.54) is 4.70 Å². The first-order valence-electron chi connectivity index (χ1n) is 10.4. The Labute approximate surface area is 179 Å². The lowest BCUT2D eigenvalue weighted by molar-refractivity contribution is 0.164. The minimum Gasteiger partial charge on any atom is -0.467 e. The molecular formula is C21H25N7OS. The fraction of sp³-hybridized carbons (Fsp3) is 0.429. The van der Waals surface area contributed by atoms with Gasteiger partial charge in [0.1, 0.15) is 12.3 Å². The standard InChI is InChI=1S/C21H25N7OS/c1-2-6-18(20-23-24-25-28(20)15-16-7-5-14-29-16)26-10-12-27(13-11-26)21-22-17-8-3-4-9-19(17)30-21/h3-5,7-9,14,18H,2,6,10-13,15H2,1H3. The van der Waals surface area contributed by atoms with Gasteiger partial charge in [-0.1, -0.05) is 36.8 Å². The second-order valence-corrected chi connectivity index (χ2v) is 8.57. The van der Waals surface area contributed by atoms with Crippen LogP contribution in [0.15, 0.2) is 47.1 Å². The average molecular weight is 424 g/mol. The topological polar surface area (TPSA) is 76.1 Å². The van der Waals surface area contributed by atoms with Crippen LogP contribution in [-0.4, -0.2) is 56.3 Å². The minimum absolute atomic E-state index is 0.206. The van der Waals surface area contributed by atoms with E-state index in [4.69, 9.17) is 9.40 Å². The Morgan fingerprint density at radius 2 is 1.97 bits per heavy atom. The molecule has 30 heavy (non-hydrogen) atoms. The lowest BCUT2D eigenvalue weighted by Gasteiger charge is -2.38. The highest BCUT2D eigenvalue weighted by molar-refractivity contribution is 7.22. The molecule has 0 N–H and O–H groups in total. The van der Waals surface area contributed by atoms with E-state index in [1.54, 1.807) is 17.6 Å². The van der Waals surface area contributed by atoms with Gasteiger partial charge in [-0.2, -0.15) is 0 Å². The van der Waals surface area contributed by atoms with Crippen LogP contribution in [0.25, 0.3) is 10.2 Å². The van der Waals surface area contributed by atoms with Gasteiger partial charge in [0.15, 0.2) is 11.0 Å². The number of aromatic nitrogens is 5. The number of para-hydroxylation sites is 1. The molecule has 1 aliphatic rings. The van der Waals surface area contributed by atoms with Crippen molar-refractivity contribution in [3.05, 3.63) is 54.2 Å². The van der Waals surface area contributed by atoms with E-state index in [9.17, 15) is 0 Å². The number of hydrogen-bond acceptors (Lipinski definition) is 8. The van der Waals surface area contributed by atoms with Gasteiger partial charge in [-0.05, 0) is 41.1 Å². The molecule has 0 spiro atoms. The number of fused-ring (bicyclic) bond motifs is 1. The molecule has 8 nitrogen and oxygen atoms in total. The molecule has 3 aromatic heterocycles. The first kappa shape index (κ1) is 19.2. The molecule has 0 aliphatic carbocycles. The molecule has 5 rings (SSSR count). The number of piperazine rings is 1. The van der Waals surface area contributed by atoms with Gasteiger partial charge in [-0.25, -0.2) is 9.67 Å². The highest BCUT2D eigenvalue weighted by Gasteiger charge is 2.29. The average Bonchev–Trinajstić information content (AvgIpc) is 3.53. The van der Waals surface area contributed by atoms with Gasteiger partial charge in [-0.3, -0.25) is 4.90 Å². The zero-order valence-electron chi connectivity index (χ0n) is 17.0.